The fraction of sp³-hybridized carbons (Fsp3) is 0.308. The highest BCUT2D eigenvalue weighted by Crippen LogP contribution is 2.21. The average Bonchev–Trinajstić information content (AvgIpc) is 2.30. The second-order valence-electron chi connectivity index (χ2n) is 3.53. The molecule has 0 aromatic heterocycles. The van der Waals surface area contributed by atoms with Gasteiger partial charge in [0, 0.05) is 12.2 Å². The Kier molecular flexibility index (Phi) is 5.07. The van der Waals surface area contributed by atoms with Crippen molar-refractivity contribution in [2.24, 2.45) is 0 Å². The number of aryl methyl sites for hydroxylation is 1. The molecule has 0 radical (unpaired) electrons. The molecule has 0 aliphatic rings. The average molecular weight is 234 g/mol. The largest absolute Gasteiger partial charge is 0.494 e. The van der Waals surface area contributed by atoms with E-state index in [1.807, 2.05) is 32.0 Å². The number of benzene rings is 1. The number of ether oxygens (including phenoxy) is 1. The number of hydrogen-bond acceptors (Lipinski definition) is 2. The number of carbonyl (C=O) groups is 1. The van der Waals surface area contributed by atoms with Crippen molar-refractivity contribution in [2.75, 3.05) is 18.5 Å². The number of rotatable bonds is 5. The van der Waals surface area contributed by atoms with E-state index in [-0.39, 0.29) is 6.03 Å². The maximum Gasteiger partial charge on any atom is 0.319 e. The van der Waals surface area contributed by atoms with Gasteiger partial charge in [0.05, 0.1) is 6.61 Å². The summed E-state index contributed by atoms with van der Waals surface area (Å²) >= 11 is 0. The lowest BCUT2D eigenvalue weighted by molar-refractivity contribution is 0.253. The molecule has 0 spiro atoms. The van der Waals surface area contributed by atoms with Crippen molar-refractivity contribution >= 4 is 11.7 Å². The van der Waals surface area contributed by atoms with Gasteiger partial charge in [-0.2, -0.15) is 0 Å². The van der Waals surface area contributed by atoms with E-state index >= 15 is 0 Å². The Labute approximate surface area is 102 Å². The highest BCUT2D eigenvalue weighted by molar-refractivity contribution is 5.90. The molecule has 4 heteroatoms. The van der Waals surface area contributed by atoms with Crippen molar-refractivity contribution in [3.63, 3.8) is 0 Å². The molecule has 0 bridgehead atoms. The van der Waals surface area contributed by atoms with Gasteiger partial charge in [-0.25, -0.2) is 4.79 Å². The molecule has 2 amide bonds. The molecule has 1 rings (SSSR count). The maximum absolute atomic E-state index is 11.4. The molecule has 0 heterocycles. The third kappa shape index (κ3) is 4.18. The van der Waals surface area contributed by atoms with E-state index in [9.17, 15) is 4.79 Å². The van der Waals surface area contributed by atoms with Crippen molar-refractivity contribution in [2.45, 2.75) is 13.8 Å². The zero-order valence-corrected chi connectivity index (χ0v) is 10.2. The van der Waals surface area contributed by atoms with E-state index in [4.69, 9.17) is 4.74 Å². The molecule has 92 valence electrons. The number of urea groups is 1. The highest BCUT2D eigenvalue weighted by atomic mass is 16.5. The third-order valence-corrected chi connectivity index (χ3v) is 2.16. The summed E-state index contributed by atoms with van der Waals surface area (Å²) in [5, 5.41) is 5.41. The lowest BCUT2D eigenvalue weighted by atomic mass is 10.2. The molecule has 0 saturated heterocycles. The second-order valence-corrected chi connectivity index (χ2v) is 3.53. The van der Waals surface area contributed by atoms with Crippen LogP contribution in [0, 0.1) is 6.92 Å². The topological polar surface area (TPSA) is 50.4 Å². The minimum atomic E-state index is -0.239. The van der Waals surface area contributed by atoms with E-state index < -0.39 is 0 Å². The first kappa shape index (κ1) is 13.1. The van der Waals surface area contributed by atoms with Gasteiger partial charge in [0.15, 0.2) is 0 Å². The zero-order chi connectivity index (χ0) is 12.7. The normalized spacial score (nSPS) is 9.53. The summed E-state index contributed by atoms with van der Waals surface area (Å²) in [4.78, 5) is 11.4. The summed E-state index contributed by atoms with van der Waals surface area (Å²) in [6, 6.07) is 5.32. The minimum Gasteiger partial charge on any atom is -0.494 e. The molecule has 0 unspecified atom stereocenters. The van der Waals surface area contributed by atoms with Gasteiger partial charge in [-0.15, -0.1) is 6.58 Å². The quantitative estimate of drug-likeness (QED) is 0.769. The van der Waals surface area contributed by atoms with Crippen molar-refractivity contribution in [3.8, 4) is 5.75 Å². The summed E-state index contributed by atoms with van der Waals surface area (Å²) in [5.74, 6) is 0.807. The highest BCUT2D eigenvalue weighted by Gasteiger charge is 2.04. The SMILES string of the molecule is C=CCNC(=O)Nc1ccc(OCC)cc1C. The fourth-order valence-electron chi connectivity index (χ4n) is 1.36. The number of nitrogens with one attached hydrogen (secondary N) is 2. The predicted molar refractivity (Wildman–Crippen MR) is 69.6 cm³/mol. The number of hydrogen-bond donors (Lipinski definition) is 2. The Balaban J connectivity index is 2.65. The Bertz CT molecular complexity index is 402. The van der Waals surface area contributed by atoms with Crippen LogP contribution in [-0.4, -0.2) is 19.2 Å². The van der Waals surface area contributed by atoms with Crippen LogP contribution in [0.25, 0.3) is 0 Å². The van der Waals surface area contributed by atoms with Crippen LogP contribution < -0.4 is 15.4 Å². The standard InChI is InChI=1S/C13H18N2O2/c1-4-8-14-13(16)15-12-7-6-11(17-5-2)9-10(12)3/h4,6-7,9H,1,5,8H2,2-3H3,(H2,14,15,16). The summed E-state index contributed by atoms with van der Waals surface area (Å²) in [7, 11) is 0. The number of amides is 2. The van der Waals surface area contributed by atoms with Crippen LogP contribution in [0.3, 0.4) is 0 Å². The van der Waals surface area contributed by atoms with Gasteiger partial charge in [0.25, 0.3) is 0 Å². The number of carbonyl (C=O) groups excluding carboxylic acids is 1. The molecule has 0 aliphatic heterocycles. The van der Waals surface area contributed by atoms with Gasteiger partial charge >= 0.3 is 6.03 Å². The predicted octanol–water partition coefficient (Wildman–Crippen LogP) is 2.70. The van der Waals surface area contributed by atoms with Crippen LogP contribution >= 0.6 is 0 Å². The van der Waals surface area contributed by atoms with Crippen molar-refractivity contribution in [3.05, 3.63) is 36.4 Å². The smallest absolute Gasteiger partial charge is 0.319 e. The van der Waals surface area contributed by atoms with Crippen molar-refractivity contribution in [1.82, 2.24) is 5.32 Å². The molecule has 0 atom stereocenters. The third-order valence-electron chi connectivity index (χ3n) is 2.16. The van der Waals surface area contributed by atoms with E-state index in [2.05, 4.69) is 17.2 Å². The van der Waals surface area contributed by atoms with Crippen LogP contribution in [0.1, 0.15) is 12.5 Å². The van der Waals surface area contributed by atoms with Gasteiger partial charge in [0.1, 0.15) is 5.75 Å². The van der Waals surface area contributed by atoms with Crippen LogP contribution in [0.15, 0.2) is 30.9 Å². The number of anilines is 1. The monoisotopic (exact) mass is 234 g/mol. The van der Waals surface area contributed by atoms with Crippen molar-refractivity contribution in [1.29, 1.82) is 0 Å². The maximum atomic E-state index is 11.4. The summed E-state index contributed by atoms with van der Waals surface area (Å²) in [6.07, 6.45) is 1.63. The molecule has 0 aliphatic carbocycles. The van der Waals surface area contributed by atoms with Gasteiger partial charge in [-0.3, -0.25) is 0 Å². The Hall–Kier alpha value is -1.97. The molecule has 1 aromatic carbocycles. The molecule has 0 fully saturated rings. The zero-order valence-electron chi connectivity index (χ0n) is 10.2. The molecule has 4 nitrogen and oxygen atoms in total. The van der Waals surface area contributed by atoms with Crippen LogP contribution in [0.2, 0.25) is 0 Å². The summed E-state index contributed by atoms with van der Waals surface area (Å²) in [5.41, 5.74) is 1.74. The molecule has 2 N–H and O–H groups in total. The second kappa shape index (κ2) is 6.58. The Morgan fingerprint density at radius 3 is 2.88 bits per heavy atom. The Morgan fingerprint density at radius 2 is 2.29 bits per heavy atom. The van der Waals surface area contributed by atoms with Gasteiger partial charge in [0.2, 0.25) is 0 Å². The Morgan fingerprint density at radius 1 is 1.53 bits per heavy atom. The first-order chi connectivity index (χ1) is 8.17. The van der Waals surface area contributed by atoms with Crippen LogP contribution in [0.5, 0.6) is 5.75 Å². The summed E-state index contributed by atoms with van der Waals surface area (Å²) < 4.78 is 5.37. The van der Waals surface area contributed by atoms with E-state index in [1.165, 1.54) is 0 Å². The lowest BCUT2D eigenvalue weighted by Gasteiger charge is -2.10. The molecule has 0 saturated carbocycles. The molecule has 17 heavy (non-hydrogen) atoms. The first-order valence-corrected chi connectivity index (χ1v) is 5.56. The van der Waals surface area contributed by atoms with E-state index in [0.717, 1.165) is 17.0 Å². The van der Waals surface area contributed by atoms with Gasteiger partial charge < -0.3 is 15.4 Å². The van der Waals surface area contributed by atoms with Gasteiger partial charge in [-0.1, -0.05) is 6.08 Å². The minimum absolute atomic E-state index is 0.239. The fourth-order valence-corrected chi connectivity index (χ4v) is 1.36. The molecular formula is C13H18N2O2. The van der Waals surface area contributed by atoms with Crippen LogP contribution in [-0.2, 0) is 0 Å². The van der Waals surface area contributed by atoms with Gasteiger partial charge in [-0.05, 0) is 37.6 Å². The van der Waals surface area contributed by atoms with E-state index in [1.54, 1.807) is 6.08 Å². The molecule has 1 aromatic rings. The summed E-state index contributed by atoms with van der Waals surface area (Å²) in [6.45, 7) is 8.46. The van der Waals surface area contributed by atoms with Crippen molar-refractivity contribution < 1.29 is 9.53 Å². The van der Waals surface area contributed by atoms with E-state index in [0.29, 0.717) is 13.2 Å². The molecular weight excluding hydrogens is 216 g/mol. The lowest BCUT2D eigenvalue weighted by Crippen LogP contribution is -2.28. The van der Waals surface area contributed by atoms with Crippen LogP contribution in [0.4, 0.5) is 10.5 Å². The first-order valence-electron chi connectivity index (χ1n) is 5.56.